The van der Waals surface area contributed by atoms with Crippen LogP contribution in [0.5, 0.6) is 0 Å². The summed E-state index contributed by atoms with van der Waals surface area (Å²) in [6.45, 7) is 0. The van der Waals surface area contributed by atoms with E-state index in [4.69, 9.17) is 0 Å². The number of hydrogen-bond donors (Lipinski definition) is 0. The average molecular weight is 817 g/mol. The van der Waals surface area contributed by atoms with Crippen molar-refractivity contribution in [3.63, 3.8) is 0 Å². The number of benzene rings is 6. The summed E-state index contributed by atoms with van der Waals surface area (Å²) in [7, 11) is 0. The van der Waals surface area contributed by atoms with Gasteiger partial charge in [-0.25, -0.2) is 0 Å². The fourth-order valence-electron chi connectivity index (χ4n) is 4.79. The van der Waals surface area contributed by atoms with Gasteiger partial charge in [-0.05, 0) is 66.8 Å². The van der Waals surface area contributed by atoms with E-state index in [-0.39, 0.29) is 54.4 Å². The Balaban J connectivity index is 0.000000220. The van der Waals surface area contributed by atoms with E-state index < -0.39 is 35.8 Å². The maximum Gasteiger partial charge on any atom is 6.00 e. The van der Waals surface area contributed by atoms with Crippen LogP contribution in [0.3, 0.4) is 0 Å². The van der Waals surface area contributed by atoms with Crippen LogP contribution in [-0.4, -0.2) is 35.8 Å². The number of rotatable bonds is 9. The molecule has 0 spiro atoms. The van der Waals surface area contributed by atoms with Gasteiger partial charge in [-0.3, -0.25) is 0 Å². The second-order valence-electron chi connectivity index (χ2n) is 11.2. The van der Waals surface area contributed by atoms with Gasteiger partial charge in [-0.15, -0.1) is 0 Å². The minimum Gasteiger partial charge on any atom is -0.545 e. The second kappa shape index (κ2) is 19.6. The molecule has 0 saturated carbocycles. The van der Waals surface area contributed by atoms with E-state index in [0.717, 1.165) is 33.4 Å². The molecule has 0 heterocycles. The summed E-state index contributed by atoms with van der Waals surface area (Å²) in [5.74, 6) is -7.37. The molecule has 0 unspecified atom stereocenters. The van der Waals surface area contributed by atoms with Crippen LogP contribution in [0, 0.1) is 0 Å². The Labute approximate surface area is 327 Å². The summed E-state index contributed by atoms with van der Waals surface area (Å²) in [6.07, 6.45) is 0. The molecule has 0 saturated heterocycles. The van der Waals surface area contributed by atoms with Crippen molar-refractivity contribution in [2.45, 2.75) is 0 Å². The third-order valence-electron chi connectivity index (χ3n) is 7.72. The van der Waals surface area contributed by atoms with Crippen LogP contribution in [0.4, 0.5) is 0 Å². The van der Waals surface area contributed by atoms with Crippen molar-refractivity contribution in [1.82, 2.24) is 0 Å². The zero-order valence-electron chi connectivity index (χ0n) is 28.2. The number of carbonyl (C=O) groups is 6. The van der Waals surface area contributed by atoms with Crippen molar-refractivity contribution in [3.8, 4) is 33.4 Å². The molecule has 0 aliphatic heterocycles. The van der Waals surface area contributed by atoms with E-state index in [2.05, 4.69) is 0 Å². The Hall–Kier alpha value is -7.17. The van der Waals surface area contributed by atoms with E-state index in [1.807, 2.05) is 0 Å². The quantitative estimate of drug-likeness (QED) is 0.178. The number of carboxylic acid groups (broad SMARTS) is 6. The number of carboxylic acids is 6. The molecule has 0 aliphatic carbocycles. The van der Waals surface area contributed by atoms with Crippen molar-refractivity contribution >= 4 is 35.8 Å². The zero-order valence-corrected chi connectivity index (χ0v) is 30.2. The molecule has 0 fully saturated rings. The molecule has 6 aromatic carbocycles. The standard InChI is InChI=1S/3C14H10O4.Mo/c3*15-13(16)11-5-1-9(2-6-11)10-3-7-12(8-4-10)14(17)18;/h3*1-8H,(H,15,16)(H,17,18);/q;;;+6/p-6. The first kappa shape index (κ1) is 42.2. The first-order valence-corrected chi connectivity index (χ1v) is 15.6. The minimum absolute atomic E-state index is 0. The van der Waals surface area contributed by atoms with Crippen molar-refractivity contribution in [2.75, 3.05) is 0 Å². The Bertz CT molecular complexity index is 1850. The minimum atomic E-state index is -1.23. The smallest absolute Gasteiger partial charge is 0.545 e. The van der Waals surface area contributed by atoms with Crippen LogP contribution in [-0.2, 0) is 21.1 Å². The van der Waals surface area contributed by atoms with Gasteiger partial charge < -0.3 is 59.4 Å². The zero-order chi connectivity index (χ0) is 39.4. The van der Waals surface area contributed by atoms with E-state index >= 15 is 0 Å². The van der Waals surface area contributed by atoms with Gasteiger partial charge in [0.25, 0.3) is 0 Å². The van der Waals surface area contributed by atoms with Gasteiger partial charge in [0.1, 0.15) is 0 Å². The van der Waals surface area contributed by atoms with Gasteiger partial charge in [0, 0.05) is 0 Å². The molecular weight excluding hydrogens is 792 g/mol. The second-order valence-corrected chi connectivity index (χ2v) is 11.2. The van der Waals surface area contributed by atoms with Crippen molar-refractivity contribution in [3.05, 3.63) is 179 Å². The van der Waals surface area contributed by atoms with E-state index in [1.165, 1.54) is 72.8 Å². The molecule has 0 aliphatic rings. The van der Waals surface area contributed by atoms with Gasteiger partial charge in [-0.2, -0.15) is 0 Å². The molecule has 6 rings (SSSR count). The van der Waals surface area contributed by atoms with Gasteiger partial charge >= 0.3 is 21.1 Å². The van der Waals surface area contributed by atoms with E-state index in [9.17, 15) is 59.4 Å². The Morgan fingerprint density at radius 1 is 0.218 bits per heavy atom. The first-order chi connectivity index (χ1) is 25.7. The van der Waals surface area contributed by atoms with Crippen molar-refractivity contribution in [1.29, 1.82) is 0 Å². The monoisotopic (exact) mass is 818 g/mol. The third-order valence-corrected chi connectivity index (χ3v) is 7.72. The maximum atomic E-state index is 10.6. The molecule has 0 amide bonds. The number of carbonyl (C=O) groups excluding carboxylic acids is 6. The molecular formula is C42H24MoO12. The SMILES string of the molecule is O=C([O-])c1ccc(-c2ccc(C(=O)[O-])cc2)cc1.O=C([O-])c1ccc(-c2ccc(C(=O)[O-])cc2)cc1.O=C([O-])c1ccc(-c2ccc(C(=O)[O-])cc2)cc1.[Mo+6]. The average Bonchev–Trinajstić information content (AvgIpc) is 3.18. The maximum absolute atomic E-state index is 10.6. The van der Waals surface area contributed by atoms with Crippen LogP contribution in [0.1, 0.15) is 62.1 Å². The van der Waals surface area contributed by atoms with E-state index in [0.29, 0.717) is 0 Å². The summed E-state index contributed by atoms with van der Waals surface area (Å²) in [4.78, 5) is 63.5. The molecule has 0 aromatic heterocycles. The summed E-state index contributed by atoms with van der Waals surface area (Å²) in [5.41, 5.74) is 5.39. The van der Waals surface area contributed by atoms with E-state index in [1.54, 1.807) is 72.8 Å². The van der Waals surface area contributed by atoms with Gasteiger partial charge in [0.2, 0.25) is 0 Å². The Morgan fingerprint density at radius 3 is 0.382 bits per heavy atom. The number of aromatic carboxylic acids is 6. The van der Waals surface area contributed by atoms with Crippen molar-refractivity contribution in [2.24, 2.45) is 0 Å². The Morgan fingerprint density at radius 2 is 0.309 bits per heavy atom. The fourth-order valence-corrected chi connectivity index (χ4v) is 4.79. The number of hydrogen-bond acceptors (Lipinski definition) is 12. The topological polar surface area (TPSA) is 241 Å². The summed E-state index contributed by atoms with van der Waals surface area (Å²) in [5, 5.41) is 63.5. The van der Waals surface area contributed by atoms with Gasteiger partial charge in [0.05, 0.1) is 35.8 Å². The first-order valence-electron chi connectivity index (χ1n) is 15.6. The van der Waals surface area contributed by atoms with Crippen LogP contribution in [0.15, 0.2) is 146 Å². The van der Waals surface area contributed by atoms with Gasteiger partial charge in [-0.1, -0.05) is 146 Å². The summed E-state index contributed by atoms with van der Waals surface area (Å²) >= 11 is 0. The molecule has 55 heavy (non-hydrogen) atoms. The molecule has 6 aromatic rings. The Kier molecular flexibility index (Phi) is 15.1. The predicted molar refractivity (Wildman–Crippen MR) is 182 cm³/mol. The third kappa shape index (κ3) is 11.9. The largest absolute Gasteiger partial charge is 6.00 e. The molecule has 0 radical (unpaired) electrons. The van der Waals surface area contributed by atoms with Crippen molar-refractivity contribution < 1.29 is 80.5 Å². The molecule has 270 valence electrons. The molecule has 0 N–H and O–H groups in total. The van der Waals surface area contributed by atoms with Crippen LogP contribution >= 0.6 is 0 Å². The molecule has 0 bridgehead atoms. The summed E-state index contributed by atoms with van der Waals surface area (Å²) < 4.78 is 0. The molecule has 12 nitrogen and oxygen atoms in total. The molecule has 0 atom stereocenters. The van der Waals surface area contributed by atoms with Crippen LogP contribution in [0.2, 0.25) is 0 Å². The fraction of sp³-hybridized carbons (Fsp3) is 0. The van der Waals surface area contributed by atoms with Crippen LogP contribution in [0.25, 0.3) is 33.4 Å². The van der Waals surface area contributed by atoms with Gasteiger partial charge in [0.15, 0.2) is 0 Å². The molecule has 13 heteroatoms. The normalized spacial score (nSPS) is 9.82. The van der Waals surface area contributed by atoms with Crippen LogP contribution < -0.4 is 30.6 Å². The summed E-state index contributed by atoms with van der Waals surface area (Å²) in [6, 6.07) is 37.0. The predicted octanol–water partition coefficient (Wildman–Crippen LogP) is 0.239.